The molecular formula is C15H15ClN2OS. The van der Waals surface area contributed by atoms with Gasteiger partial charge in [-0.05, 0) is 36.2 Å². The van der Waals surface area contributed by atoms with E-state index < -0.39 is 0 Å². The Labute approximate surface area is 127 Å². The highest BCUT2D eigenvalue weighted by molar-refractivity contribution is 8.00. The van der Waals surface area contributed by atoms with Crippen molar-refractivity contribution >= 4 is 29.3 Å². The minimum atomic E-state index is 0.0360. The van der Waals surface area contributed by atoms with Gasteiger partial charge in [-0.1, -0.05) is 23.7 Å². The summed E-state index contributed by atoms with van der Waals surface area (Å²) in [4.78, 5) is 16.7. The van der Waals surface area contributed by atoms with Gasteiger partial charge in [0, 0.05) is 28.9 Å². The van der Waals surface area contributed by atoms with Crippen molar-refractivity contribution in [2.45, 2.75) is 11.3 Å². The molecule has 0 radical (unpaired) electrons. The molecule has 2 rings (SSSR count). The number of halogens is 1. The first-order valence-corrected chi connectivity index (χ1v) is 7.64. The number of pyridine rings is 1. The third-order valence-corrected chi connectivity index (χ3v) is 3.89. The zero-order valence-electron chi connectivity index (χ0n) is 10.9. The quantitative estimate of drug-likeness (QED) is 0.833. The maximum Gasteiger partial charge on any atom is 0.230 e. The lowest BCUT2D eigenvalue weighted by Crippen LogP contribution is -2.27. The van der Waals surface area contributed by atoms with Crippen LogP contribution in [0.5, 0.6) is 0 Å². The second kappa shape index (κ2) is 7.92. The van der Waals surface area contributed by atoms with E-state index in [9.17, 15) is 4.79 Å². The molecule has 1 amide bonds. The number of benzene rings is 1. The Kier molecular flexibility index (Phi) is 5.89. The summed E-state index contributed by atoms with van der Waals surface area (Å²) < 4.78 is 0. The van der Waals surface area contributed by atoms with E-state index >= 15 is 0 Å². The molecule has 0 unspecified atom stereocenters. The maximum atomic E-state index is 11.7. The van der Waals surface area contributed by atoms with Crippen LogP contribution in [0.3, 0.4) is 0 Å². The predicted octanol–water partition coefficient (Wildman–Crippen LogP) is 3.19. The first kappa shape index (κ1) is 14.9. The molecule has 1 aromatic carbocycles. The Bertz CT molecular complexity index is 563. The van der Waals surface area contributed by atoms with Gasteiger partial charge in [0.15, 0.2) is 0 Å². The van der Waals surface area contributed by atoms with Gasteiger partial charge in [-0.25, -0.2) is 0 Å². The number of rotatable bonds is 6. The lowest BCUT2D eigenvalue weighted by Gasteiger charge is -2.05. The summed E-state index contributed by atoms with van der Waals surface area (Å²) in [6.07, 6.45) is 4.23. The molecule has 104 valence electrons. The zero-order chi connectivity index (χ0) is 14.2. The van der Waals surface area contributed by atoms with Gasteiger partial charge in [-0.2, -0.15) is 0 Å². The number of hydrogen-bond acceptors (Lipinski definition) is 3. The van der Waals surface area contributed by atoms with Crippen LogP contribution in [0.1, 0.15) is 5.56 Å². The molecule has 0 aliphatic heterocycles. The predicted molar refractivity (Wildman–Crippen MR) is 83.1 cm³/mol. The number of aromatic nitrogens is 1. The van der Waals surface area contributed by atoms with Crippen LogP contribution in [-0.2, 0) is 11.2 Å². The number of carbonyl (C=O) groups is 1. The van der Waals surface area contributed by atoms with Crippen LogP contribution in [0.2, 0.25) is 5.02 Å². The summed E-state index contributed by atoms with van der Waals surface area (Å²) in [5.41, 5.74) is 1.12. The third-order valence-electron chi connectivity index (χ3n) is 2.64. The standard InChI is InChI=1S/C15H15ClN2OS/c16-13-3-1-2-12(10-13)4-9-18-15(19)11-20-14-5-7-17-8-6-14/h1-3,5-8,10H,4,9,11H2,(H,18,19). The van der Waals surface area contributed by atoms with Crippen LogP contribution < -0.4 is 5.32 Å². The number of nitrogens with zero attached hydrogens (tertiary/aromatic N) is 1. The Balaban J connectivity index is 1.68. The number of hydrogen-bond donors (Lipinski definition) is 1. The number of thioether (sulfide) groups is 1. The molecule has 2 aromatic rings. The monoisotopic (exact) mass is 306 g/mol. The van der Waals surface area contributed by atoms with Crippen molar-refractivity contribution < 1.29 is 4.79 Å². The van der Waals surface area contributed by atoms with Crippen LogP contribution >= 0.6 is 23.4 Å². The molecule has 1 aromatic heterocycles. The number of carbonyl (C=O) groups excluding carboxylic acids is 1. The van der Waals surface area contributed by atoms with Gasteiger partial charge in [0.25, 0.3) is 0 Å². The van der Waals surface area contributed by atoms with E-state index in [0.29, 0.717) is 12.3 Å². The lowest BCUT2D eigenvalue weighted by atomic mass is 10.1. The van der Waals surface area contributed by atoms with Crippen LogP contribution in [0.15, 0.2) is 53.7 Å². The summed E-state index contributed by atoms with van der Waals surface area (Å²) in [6, 6.07) is 11.5. The van der Waals surface area contributed by atoms with Crippen LogP contribution in [0.25, 0.3) is 0 Å². The Morgan fingerprint density at radius 1 is 1.25 bits per heavy atom. The van der Waals surface area contributed by atoms with Crippen molar-refractivity contribution in [3.05, 3.63) is 59.4 Å². The highest BCUT2D eigenvalue weighted by Crippen LogP contribution is 2.15. The molecular weight excluding hydrogens is 292 g/mol. The first-order valence-electron chi connectivity index (χ1n) is 6.28. The largest absolute Gasteiger partial charge is 0.355 e. The van der Waals surface area contributed by atoms with Gasteiger partial charge in [0.2, 0.25) is 5.91 Å². The molecule has 0 saturated carbocycles. The first-order chi connectivity index (χ1) is 9.74. The minimum Gasteiger partial charge on any atom is -0.355 e. The molecule has 0 atom stereocenters. The molecule has 0 aliphatic rings. The van der Waals surface area contributed by atoms with E-state index in [1.165, 1.54) is 11.8 Å². The van der Waals surface area contributed by atoms with Crippen LogP contribution in [0, 0.1) is 0 Å². The van der Waals surface area contributed by atoms with Gasteiger partial charge in [-0.15, -0.1) is 11.8 Å². The highest BCUT2D eigenvalue weighted by Gasteiger charge is 2.02. The molecule has 0 bridgehead atoms. The van der Waals surface area contributed by atoms with E-state index in [2.05, 4.69) is 10.3 Å². The SMILES string of the molecule is O=C(CSc1ccncc1)NCCc1cccc(Cl)c1. The van der Waals surface area contributed by atoms with Gasteiger partial charge >= 0.3 is 0 Å². The Morgan fingerprint density at radius 2 is 2.05 bits per heavy atom. The van der Waals surface area contributed by atoms with Crippen molar-refractivity contribution in [2.24, 2.45) is 0 Å². The summed E-state index contributed by atoms with van der Waals surface area (Å²) in [5.74, 6) is 0.452. The van der Waals surface area contributed by atoms with Crippen LogP contribution in [-0.4, -0.2) is 23.2 Å². The third kappa shape index (κ3) is 5.23. The van der Waals surface area contributed by atoms with Crippen molar-refractivity contribution in [1.82, 2.24) is 10.3 Å². The molecule has 0 spiro atoms. The van der Waals surface area contributed by atoms with E-state index in [1.807, 2.05) is 36.4 Å². The molecule has 0 saturated heterocycles. The lowest BCUT2D eigenvalue weighted by molar-refractivity contribution is -0.118. The van der Waals surface area contributed by atoms with Gasteiger partial charge in [-0.3, -0.25) is 9.78 Å². The molecule has 1 heterocycles. The summed E-state index contributed by atoms with van der Waals surface area (Å²) in [5, 5.41) is 3.63. The minimum absolute atomic E-state index is 0.0360. The molecule has 3 nitrogen and oxygen atoms in total. The zero-order valence-corrected chi connectivity index (χ0v) is 12.5. The van der Waals surface area contributed by atoms with Crippen molar-refractivity contribution in [1.29, 1.82) is 0 Å². The molecule has 20 heavy (non-hydrogen) atoms. The van der Waals surface area contributed by atoms with E-state index in [4.69, 9.17) is 11.6 Å². The van der Waals surface area contributed by atoms with Crippen LogP contribution in [0.4, 0.5) is 0 Å². The fourth-order valence-electron chi connectivity index (χ4n) is 1.67. The van der Waals surface area contributed by atoms with Gasteiger partial charge < -0.3 is 5.32 Å². The molecule has 1 N–H and O–H groups in total. The highest BCUT2D eigenvalue weighted by atomic mass is 35.5. The summed E-state index contributed by atoms with van der Waals surface area (Å²) in [7, 11) is 0. The average Bonchev–Trinajstić information content (AvgIpc) is 2.46. The number of amides is 1. The van der Waals surface area contributed by atoms with Crippen molar-refractivity contribution in [3.8, 4) is 0 Å². The normalized spacial score (nSPS) is 10.2. The smallest absolute Gasteiger partial charge is 0.230 e. The summed E-state index contributed by atoms with van der Waals surface area (Å²) >= 11 is 7.41. The fraction of sp³-hybridized carbons (Fsp3) is 0.200. The topological polar surface area (TPSA) is 42.0 Å². The van der Waals surface area contributed by atoms with E-state index in [1.54, 1.807) is 12.4 Å². The second-order valence-corrected chi connectivity index (χ2v) is 5.69. The Hall–Kier alpha value is -1.52. The van der Waals surface area contributed by atoms with E-state index in [-0.39, 0.29) is 5.91 Å². The maximum absolute atomic E-state index is 11.7. The van der Waals surface area contributed by atoms with Crippen molar-refractivity contribution in [2.75, 3.05) is 12.3 Å². The Morgan fingerprint density at radius 3 is 2.80 bits per heavy atom. The molecule has 5 heteroatoms. The second-order valence-electron chi connectivity index (χ2n) is 4.20. The fourth-order valence-corrected chi connectivity index (χ4v) is 2.60. The van der Waals surface area contributed by atoms with Crippen molar-refractivity contribution in [3.63, 3.8) is 0 Å². The van der Waals surface area contributed by atoms with E-state index in [0.717, 1.165) is 21.9 Å². The van der Waals surface area contributed by atoms with Gasteiger partial charge in [0.05, 0.1) is 5.75 Å². The summed E-state index contributed by atoms with van der Waals surface area (Å²) in [6.45, 7) is 0.621. The molecule has 0 aliphatic carbocycles. The van der Waals surface area contributed by atoms with Gasteiger partial charge in [0.1, 0.15) is 0 Å². The molecule has 0 fully saturated rings. The average molecular weight is 307 g/mol. The number of nitrogens with one attached hydrogen (secondary N) is 1.